The zero-order chi connectivity index (χ0) is 21.6. The first-order chi connectivity index (χ1) is 15.1. The van der Waals surface area contributed by atoms with Crippen LogP contribution in [-0.2, 0) is 6.54 Å². The molecule has 1 unspecified atom stereocenters. The number of rotatable bonds is 10. The van der Waals surface area contributed by atoms with Crippen molar-refractivity contribution in [2.45, 2.75) is 59.0 Å². The van der Waals surface area contributed by atoms with E-state index in [1.54, 1.807) is 11.3 Å². The number of benzene rings is 1. The summed E-state index contributed by atoms with van der Waals surface area (Å²) < 4.78 is 1.14. The molecule has 0 bridgehead atoms. The third kappa shape index (κ3) is 5.48. The molecular formula is C24H30N6S. The van der Waals surface area contributed by atoms with Gasteiger partial charge in [-0.05, 0) is 55.7 Å². The van der Waals surface area contributed by atoms with Crippen molar-refractivity contribution < 1.29 is 0 Å². The second kappa shape index (κ2) is 10.0. The fourth-order valence-corrected chi connectivity index (χ4v) is 4.56. The molecule has 3 N–H and O–H groups in total. The third-order valence-electron chi connectivity index (χ3n) is 5.48. The topological polar surface area (TPSA) is 78.5 Å². The van der Waals surface area contributed by atoms with E-state index in [0.29, 0.717) is 6.04 Å². The van der Waals surface area contributed by atoms with Crippen LogP contribution in [0, 0.1) is 6.92 Å². The number of hydrogen-bond donors (Lipinski definition) is 3. The van der Waals surface area contributed by atoms with Crippen LogP contribution in [-0.4, -0.2) is 26.2 Å². The van der Waals surface area contributed by atoms with Crippen molar-refractivity contribution >= 4 is 32.5 Å². The number of aryl methyl sites for hydroxylation is 1. The average Bonchev–Trinajstić information content (AvgIpc) is 3.37. The Hall–Kier alpha value is -2.77. The standard InChI is InChI=1S/C24H30N6S/c1-4-5-6-7-16(2)26-14-18-10-11-25-23(12-18)29-24-28-21-9-8-19(13-22(21)31-24)20-15-27-30-17(20)3/h8-13,15-16,26H,4-7,14H2,1-3H3,(H,27,30)(H,25,28,29). The lowest BCUT2D eigenvalue weighted by molar-refractivity contribution is 0.487. The molecule has 0 saturated heterocycles. The van der Waals surface area contributed by atoms with Gasteiger partial charge >= 0.3 is 0 Å². The van der Waals surface area contributed by atoms with Crippen molar-refractivity contribution in [3.05, 3.63) is 54.0 Å². The van der Waals surface area contributed by atoms with Crippen molar-refractivity contribution in [2.75, 3.05) is 5.32 Å². The normalized spacial score (nSPS) is 12.4. The Kier molecular flexibility index (Phi) is 6.94. The van der Waals surface area contributed by atoms with E-state index in [1.807, 2.05) is 19.3 Å². The minimum atomic E-state index is 0.522. The number of unbranched alkanes of at least 4 members (excludes halogenated alkanes) is 2. The smallest absolute Gasteiger partial charge is 0.189 e. The molecule has 1 aromatic carbocycles. The number of hydrogen-bond acceptors (Lipinski definition) is 6. The maximum atomic E-state index is 4.73. The summed E-state index contributed by atoms with van der Waals surface area (Å²) in [5.41, 5.74) is 5.54. The molecule has 3 heterocycles. The van der Waals surface area contributed by atoms with E-state index >= 15 is 0 Å². The minimum Gasteiger partial charge on any atom is -0.316 e. The van der Waals surface area contributed by atoms with Gasteiger partial charge < -0.3 is 10.6 Å². The Morgan fingerprint density at radius 2 is 2.06 bits per heavy atom. The van der Waals surface area contributed by atoms with E-state index < -0.39 is 0 Å². The van der Waals surface area contributed by atoms with E-state index in [4.69, 9.17) is 4.98 Å². The number of nitrogens with zero attached hydrogens (tertiary/aromatic N) is 3. The SMILES string of the molecule is CCCCCC(C)NCc1ccnc(Nc2nc3ccc(-c4cn[nH]c4C)cc3s2)c1. The molecule has 3 aromatic heterocycles. The average molecular weight is 435 g/mol. The number of aromatic nitrogens is 4. The van der Waals surface area contributed by atoms with Crippen molar-refractivity contribution in [3.8, 4) is 11.1 Å². The van der Waals surface area contributed by atoms with Crippen molar-refractivity contribution in [3.63, 3.8) is 0 Å². The second-order valence-corrected chi connectivity index (χ2v) is 9.09. The number of aromatic amines is 1. The van der Waals surface area contributed by atoms with Gasteiger partial charge in [-0.15, -0.1) is 0 Å². The maximum Gasteiger partial charge on any atom is 0.189 e. The van der Waals surface area contributed by atoms with Gasteiger partial charge in [-0.1, -0.05) is 43.6 Å². The molecule has 0 saturated carbocycles. The van der Waals surface area contributed by atoms with Gasteiger partial charge in [0.25, 0.3) is 0 Å². The summed E-state index contributed by atoms with van der Waals surface area (Å²) in [6.07, 6.45) is 8.80. The predicted octanol–water partition coefficient (Wildman–Crippen LogP) is 6.19. The largest absolute Gasteiger partial charge is 0.316 e. The van der Waals surface area contributed by atoms with Crippen LogP contribution in [0.15, 0.2) is 42.7 Å². The highest BCUT2D eigenvalue weighted by atomic mass is 32.1. The lowest BCUT2D eigenvalue weighted by Crippen LogP contribution is -2.25. The number of fused-ring (bicyclic) bond motifs is 1. The van der Waals surface area contributed by atoms with Crippen LogP contribution in [0.4, 0.5) is 10.9 Å². The molecule has 162 valence electrons. The monoisotopic (exact) mass is 434 g/mol. The van der Waals surface area contributed by atoms with E-state index in [2.05, 4.69) is 70.0 Å². The van der Waals surface area contributed by atoms with Crippen LogP contribution in [0.2, 0.25) is 0 Å². The van der Waals surface area contributed by atoms with Gasteiger partial charge in [-0.25, -0.2) is 9.97 Å². The molecule has 1 atom stereocenters. The Bertz CT molecular complexity index is 1130. The van der Waals surface area contributed by atoms with Gasteiger partial charge in [0.05, 0.1) is 16.4 Å². The van der Waals surface area contributed by atoms with E-state index in [-0.39, 0.29) is 0 Å². The Balaban J connectivity index is 1.42. The van der Waals surface area contributed by atoms with Gasteiger partial charge in [0, 0.05) is 30.0 Å². The minimum absolute atomic E-state index is 0.522. The van der Waals surface area contributed by atoms with E-state index in [0.717, 1.165) is 44.5 Å². The van der Waals surface area contributed by atoms with Gasteiger partial charge in [-0.2, -0.15) is 5.10 Å². The van der Waals surface area contributed by atoms with Crippen LogP contribution in [0.1, 0.15) is 50.8 Å². The molecule has 31 heavy (non-hydrogen) atoms. The van der Waals surface area contributed by atoms with Crippen LogP contribution >= 0.6 is 11.3 Å². The number of pyridine rings is 1. The first kappa shape index (κ1) is 21.5. The molecule has 4 aromatic rings. The van der Waals surface area contributed by atoms with Gasteiger partial charge in [0.2, 0.25) is 0 Å². The molecule has 0 aliphatic carbocycles. The van der Waals surface area contributed by atoms with Crippen LogP contribution in [0.5, 0.6) is 0 Å². The Morgan fingerprint density at radius 1 is 1.16 bits per heavy atom. The third-order valence-corrected chi connectivity index (χ3v) is 6.42. The maximum absolute atomic E-state index is 4.73. The number of anilines is 2. The van der Waals surface area contributed by atoms with Crippen LogP contribution in [0.3, 0.4) is 0 Å². The van der Waals surface area contributed by atoms with Crippen molar-refractivity contribution in [1.29, 1.82) is 0 Å². The van der Waals surface area contributed by atoms with Crippen molar-refractivity contribution in [1.82, 2.24) is 25.5 Å². The summed E-state index contributed by atoms with van der Waals surface area (Å²) in [4.78, 5) is 9.20. The van der Waals surface area contributed by atoms with E-state index in [9.17, 15) is 0 Å². The summed E-state index contributed by atoms with van der Waals surface area (Å²) in [6.45, 7) is 7.38. The molecule has 0 amide bonds. The zero-order valence-electron chi connectivity index (χ0n) is 18.4. The Labute approximate surface area is 187 Å². The van der Waals surface area contributed by atoms with Gasteiger partial charge in [-0.3, -0.25) is 5.10 Å². The molecule has 4 rings (SSSR count). The molecule has 0 aliphatic rings. The fraction of sp³-hybridized carbons (Fsp3) is 0.375. The predicted molar refractivity (Wildman–Crippen MR) is 130 cm³/mol. The molecular weight excluding hydrogens is 404 g/mol. The molecule has 0 spiro atoms. The lowest BCUT2D eigenvalue weighted by atomic mass is 10.1. The van der Waals surface area contributed by atoms with Crippen molar-refractivity contribution in [2.24, 2.45) is 0 Å². The fourth-order valence-electron chi connectivity index (χ4n) is 3.64. The number of thiazole rings is 1. The summed E-state index contributed by atoms with van der Waals surface area (Å²) in [6, 6.07) is 11.0. The van der Waals surface area contributed by atoms with Gasteiger partial charge in [0.15, 0.2) is 5.13 Å². The first-order valence-corrected chi connectivity index (χ1v) is 11.8. The Morgan fingerprint density at radius 3 is 2.87 bits per heavy atom. The highest BCUT2D eigenvalue weighted by Gasteiger charge is 2.10. The van der Waals surface area contributed by atoms with Crippen LogP contribution < -0.4 is 10.6 Å². The van der Waals surface area contributed by atoms with Gasteiger partial charge in [0.1, 0.15) is 5.82 Å². The number of H-pyrrole nitrogens is 1. The highest BCUT2D eigenvalue weighted by molar-refractivity contribution is 7.22. The molecule has 0 aliphatic heterocycles. The second-order valence-electron chi connectivity index (χ2n) is 8.06. The quantitative estimate of drug-likeness (QED) is 0.259. The molecule has 0 fully saturated rings. The van der Waals surface area contributed by atoms with Crippen LogP contribution in [0.25, 0.3) is 21.3 Å². The highest BCUT2D eigenvalue weighted by Crippen LogP contribution is 2.32. The molecule has 7 heteroatoms. The summed E-state index contributed by atoms with van der Waals surface area (Å²) in [7, 11) is 0. The van der Waals surface area contributed by atoms with E-state index in [1.165, 1.54) is 31.2 Å². The summed E-state index contributed by atoms with van der Waals surface area (Å²) >= 11 is 1.64. The first-order valence-electron chi connectivity index (χ1n) is 11.0. The lowest BCUT2D eigenvalue weighted by Gasteiger charge is -2.14. The zero-order valence-corrected chi connectivity index (χ0v) is 19.2. The summed E-state index contributed by atoms with van der Waals surface area (Å²) in [5, 5.41) is 15.0. The molecule has 6 nitrogen and oxygen atoms in total. The molecule has 0 radical (unpaired) electrons. The number of nitrogens with one attached hydrogen (secondary N) is 3. The summed E-state index contributed by atoms with van der Waals surface area (Å²) in [5.74, 6) is 0.822.